The number of rotatable bonds is 3. The molecule has 3 aliphatic heterocycles. The highest BCUT2D eigenvalue weighted by atomic mass is 16.5. The van der Waals surface area contributed by atoms with E-state index in [-0.39, 0.29) is 0 Å². The molecule has 0 N–H and O–H groups in total. The Morgan fingerprint density at radius 2 is 2.05 bits per heavy atom. The van der Waals surface area contributed by atoms with Crippen molar-refractivity contribution in [1.29, 1.82) is 0 Å². The monoisotopic (exact) mass is 284 g/mol. The minimum Gasteiger partial charge on any atom is -0.494 e. The number of ether oxygens (including phenoxy) is 1. The van der Waals surface area contributed by atoms with Crippen LogP contribution >= 0.6 is 0 Å². The van der Waals surface area contributed by atoms with E-state index >= 15 is 0 Å². The summed E-state index contributed by atoms with van der Waals surface area (Å²) in [5, 5.41) is 1.42. The molecule has 0 aliphatic carbocycles. The van der Waals surface area contributed by atoms with Crippen LogP contribution in [0.1, 0.15) is 31.2 Å². The topological polar surface area (TPSA) is 17.4 Å². The van der Waals surface area contributed by atoms with Crippen molar-refractivity contribution in [2.24, 2.45) is 13.0 Å². The van der Waals surface area contributed by atoms with Crippen molar-refractivity contribution >= 4 is 10.9 Å². The van der Waals surface area contributed by atoms with Gasteiger partial charge in [-0.25, -0.2) is 0 Å². The average molecular weight is 284 g/mol. The lowest BCUT2D eigenvalue weighted by Crippen LogP contribution is -2.46. The van der Waals surface area contributed by atoms with Gasteiger partial charge in [0.2, 0.25) is 0 Å². The van der Waals surface area contributed by atoms with Crippen LogP contribution in [0.5, 0.6) is 5.75 Å². The maximum atomic E-state index is 5.65. The van der Waals surface area contributed by atoms with Crippen molar-refractivity contribution in [3.8, 4) is 5.75 Å². The quantitative estimate of drug-likeness (QED) is 0.859. The normalized spacial score (nSPS) is 28.2. The van der Waals surface area contributed by atoms with E-state index in [0.717, 1.165) is 18.3 Å². The fraction of sp³-hybridized carbons (Fsp3) is 0.556. The van der Waals surface area contributed by atoms with Crippen molar-refractivity contribution < 1.29 is 4.74 Å². The molecule has 0 spiro atoms. The van der Waals surface area contributed by atoms with E-state index in [1.807, 2.05) is 6.92 Å². The summed E-state index contributed by atoms with van der Waals surface area (Å²) in [5.41, 5.74) is 2.84. The van der Waals surface area contributed by atoms with Crippen molar-refractivity contribution in [2.75, 3.05) is 26.2 Å². The highest BCUT2D eigenvalue weighted by Crippen LogP contribution is 2.42. The molecule has 1 aromatic carbocycles. The first-order valence-electron chi connectivity index (χ1n) is 8.20. The lowest BCUT2D eigenvalue weighted by atomic mass is 9.75. The van der Waals surface area contributed by atoms with Crippen LogP contribution in [0.15, 0.2) is 24.4 Å². The van der Waals surface area contributed by atoms with E-state index < -0.39 is 0 Å². The zero-order valence-electron chi connectivity index (χ0n) is 13.0. The van der Waals surface area contributed by atoms with Gasteiger partial charge in [-0.2, -0.15) is 0 Å². The van der Waals surface area contributed by atoms with Crippen LogP contribution in [0.4, 0.5) is 0 Å². The Balaban J connectivity index is 1.75. The summed E-state index contributed by atoms with van der Waals surface area (Å²) in [5.74, 6) is 2.58. The molecule has 112 valence electrons. The molecule has 2 aromatic rings. The second-order valence-electron chi connectivity index (χ2n) is 6.55. The van der Waals surface area contributed by atoms with Crippen LogP contribution in [-0.2, 0) is 7.05 Å². The molecule has 21 heavy (non-hydrogen) atoms. The molecule has 3 nitrogen and oxygen atoms in total. The highest BCUT2D eigenvalue weighted by molar-refractivity contribution is 5.86. The molecule has 3 aliphatic rings. The molecule has 3 heteroatoms. The first-order valence-corrected chi connectivity index (χ1v) is 8.20. The van der Waals surface area contributed by atoms with E-state index in [4.69, 9.17) is 4.74 Å². The molecule has 2 bridgehead atoms. The maximum absolute atomic E-state index is 5.65. The highest BCUT2D eigenvalue weighted by Gasteiger charge is 2.36. The summed E-state index contributed by atoms with van der Waals surface area (Å²) in [6.07, 6.45) is 5.10. The van der Waals surface area contributed by atoms with E-state index in [2.05, 4.69) is 40.9 Å². The fourth-order valence-corrected chi connectivity index (χ4v) is 4.26. The van der Waals surface area contributed by atoms with Gasteiger partial charge in [0.15, 0.2) is 0 Å². The molecule has 4 heterocycles. The fourth-order valence-electron chi connectivity index (χ4n) is 4.26. The van der Waals surface area contributed by atoms with E-state index in [1.54, 1.807) is 5.56 Å². The van der Waals surface area contributed by atoms with E-state index in [1.165, 1.54) is 43.4 Å². The van der Waals surface area contributed by atoms with Gasteiger partial charge >= 0.3 is 0 Å². The minimum atomic E-state index is 0.717. The van der Waals surface area contributed by atoms with Gasteiger partial charge in [0.1, 0.15) is 5.75 Å². The molecule has 5 rings (SSSR count). The third kappa shape index (κ3) is 2.15. The molecule has 1 aromatic heterocycles. The van der Waals surface area contributed by atoms with Gasteiger partial charge in [-0.05, 0) is 56.5 Å². The van der Waals surface area contributed by atoms with Gasteiger partial charge < -0.3 is 14.2 Å². The van der Waals surface area contributed by atoms with Crippen LogP contribution in [0.2, 0.25) is 0 Å². The van der Waals surface area contributed by atoms with Crippen LogP contribution in [0.25, 0.3) is 10.9 Å². The van der Waals surface area contributed by atoms with Gasteiger partial charge in [-0.3, -0.25) is 0 Å². The predicted octanol–water partition coefficient (Wildman–Crippen LogP) is 3.39. The molecule has 1 atom stereocenters. The first kappa shape index (κ1) is 13.2. The van der Waals surface area contributed by atoms with Gasteiger partial charge in [-0.1, -0.05) is 0 Å². The number of nitrogens with zero attached hydrogens (tertiary/aromatic N) is 2. The zero-order chi connectivity index (χ0) is 14.4. The SMILES string of the molecule is CCOc1ccc2c(C3CN4CCC3CC4)cn(C)c2c1. The average Bonchev–Trinajstić information content (AvgIpc) is 2.86. The van der Waals surface area contributed by atoms with Crippen molar-refractivity contribution in [2.45, 2.75) is 25.7 Å². The summed E-state index contributed by atoms with van der Waals surface area (Å²) >= 11 is 0. The Morgan fingerprint density at radius 1 is 1.24 bits per heavy atom. The molecule has 3 saturated heterocycles. The van der Waals surface area contributed by atoms with Gasteiger partial charge in [0.25, 0.3) is 0 Å². The second-order valence-corrected chi connectivity index (χ2v) is 6.55. The third-order valence-electron chi connectivity index (χ3n) is 5.36. The molecule has 1 unspecified atom stereocenters. The Kier molecular flexibility index (Phi) is 3.18. The van der Waals surface area contributed by atoms with Crippen molar-refractivity contribution in [3.63, 3.8) is 0 Å². The van der Waals surface area contributed by atoms with Crippen LogP contribution in [0, 0.1) is 5.92 Å². The molecular weight excluding hydrogens is 260 g/mol. The molecule has 3 fully saturated rings. The second kappa shape index (κ2) is 5.06. The number of aromatic nitrogens is 1. The minimum absolute atomic E-state index is 0.717. The lowest BCUT2D eigenvalue weighted by molar-refractivity contribution is 0.0876. The smallest absolute Gasteiger partial charge is 0.121 e. The van der Waals surface area contributed by atoms with E-state index in [0.29, 0.717) is 5.92 Å². The van der Waals surface area contributed by atoms with Crippen LogP contribution in [-0.4, -0.2) is 35.7 Å². The number of hydrogen-bond acceptors (Lipinski definition) is 2. The Labute approximate surface area is 126 Å². The molecule has 0 radical (unpaired) electrons. The molecule has 0 amide bonds. The summed E-state index contributed by atoms with van der Waals surface area (Å²) in [7, 11) is 2.16. The number of aryl methyl sites for hydroxylation is 1. The number of piperidine rings is 3. The number of benzene rings is 1. The van der Waals surface area contributed by atoms with Gasteiger partial charge in [0.05, 0.1) is 12.1 Å². The standard InChI is InChI=1S/C18H24N2O/c1-3-21-14-4-5-15-17(11-19(2)18(15)10-14)16-12-20-8-6-13(16)7-9-20/h4-5,10-11,13,16H,3,6-9,12H2,1-2H3. The lowest BCUT2D eigenvalue weighted by Gasteiger charge is -2.44. The third-order valence-corrected chi connectivity index (χ3v) is 5.36. The first-order chi connectivity index (χ1) is 10.3. The zero-order valence-corrected chi connectivity index (χ0v) is 13.0. The maximum Gasteiger partial charge on any atom is 0.121 e. The number of fused-ring (bicyclic) bond motifs is 4. The van der Waals surface area contributed by atoms with Gasteiger partial charge in [-0.15, -0.1) is 0 Å². The van der Waals surface area contributed by atoms with E-state index in [9.17, 15) is 0 Å². The van der Waals surface area contributed by atoms with Crippen LogP contribution < -0.4 is 4.74 Å². The summed E-state index contributed by atoms with van der Waals surface area (Å²) in [6, 6.07) is 6.56. The summed E-state index contributed by atoms with van der Waals surface area (Å²) in [6.45, 7) is 6.62. The molecule has 0 saturated carbocycles. The predicted molar refractivity (Wildman–Crippen MR) is 86.0 cm³/mol. The number of hydrogen-bond donors (Lipinski definition) is 0. The molecular formula is C18H24N2O. The van der Waals surface area contributed by atoms with Gasteiger partial charge in [0, 0.05) is 37.2 Å². The Morgan fingerprint density at radius 3 is 2.71 bits per heavy atom. The van der Waals surface area contributed by atoms with Crippen molar-refractivity contribution in [3.05, 3.63) is 30.0 Å². The van der Waals surface area contributed by atoms with Crippen molar-refractivity contribution in [1.82, 2.24) is 9.47 Å². The Bertz CT molecular complexity index is 653. The van der Waals surface area contributed by atoms with Crippen LogP contribution in [0.3, 0.4) is 0 Å². The Hall–Kier alpha value is -1.48. The summed E-state index contributed by atoms with van der Waals surface area (Å²) < 4.78 is 7.92. The largest absolute Gasteiger partial charge is 0.494 e. The summed E-state index contributed by atoms with van der Waals surface area (Å²) in [4.78, 5) is 2.64.